The average Bonchev–Trinajstić information content (AvgIpc) is 2.30. The number of nitrogens with zero attached hydrogens (tertiary/aromatic N) is 1. The van der Waals surface area contributed by atoms with Gasteiger partial charge in [0, 0.05) is 13.1 Å². The molecule has 0 aromatic carbocycles. The maximum absolute atomic E-state index is 11.5. The van der Waals surface area contributed by atoms with E-state index in [0.29, 0.717) is 6.61 Å². The molecule has 0 saturated carbocycles. The highest BCUT2D eigenvalue weighted by atomic mass is 16.5. The van der Waals surface area contributed by atoms with Crippen molar-refractivity contribution >= 4 is 5.97 Å². The van der Waals surface area contributed by atoms with Crippen molar-refractivity contribution in [1.29, 1.82) is 0 Å². The smallest absolute Gasteiger partial charge is 0.309 e. The zero-order valence-electron chi connectivity index (χ0n) is 11.4. The Labute approximate surface area is 105 Å². The summed E-state index contributed by atoms with van der Waals surface area (Å²) in [5.41, 5.74) is 0. The molecule has 1 N–H and O–H groups in total. The fourth-order valence-corrected chi connectivity index (χ4v) is 2.41. The predicted octanol–water partition coefficient (Wildman–Crippen LogP) is 1.12. The van der Waals surface area contributed by atoms with E-state index in [2.05, 4.69) is 17.3 Å². The number of esters is 1. The van der Waals surface area contributed by atoms with Gasteiger partial charge in [-0.3, -0.25) is 4.79 Å². The van der Waals surface area contributed by atoms with Gasteiger partial charge in [-0.1, -0.05) is 6.92 Å². The Hall–Kier alpha value is -0.610. The first-order valence-electron chi connectivity index (χ1n) is 6.69. The summed E-state index contributed by atoms with van der Waals surface area (Å²) in [7, 11) is 2.10. The predicted molar refractivity (Wildman–Crippen MR) is 68.9 cm³/mol. The van der Waals surface area contributed by atoms with Crippen molar-refractivity contribution < 1.29 is 9.53 Å². The van der Waals surface area contributed by atoms with E-state index < -0.39 is 0 Å². The molecular weight excluding hydrogens is 216 g/mol. The van der Waals surface area contributed by atoms with Gasteiger partial charge in [0.05, 0.1) is 12.5 Å². The van der Waals surface area contributed by atoms with Crippen LogP contribution in [0.3, 0.4) is 0 Å². The van der Waals surface area contributed by atoms with Crippen LogP contribution in [0.15, 0.2) is 0 Å². The molecule has 0 amide bonds. The highest BCUT2D eigenvalue weighted by Gasteiger charge is 2.19. The van der Waals surface area contributed by atoms with E-state index in [4.69, 9.17) is 4.74 Å². The van der Waals surface area contributed by atoms with E-state index in [9.17, 15) is 4.79 Å². The molecule has 0 aromatic heterocycles. The van der Waals surface area contributed by atoms with E-state index in [1.807, 2.05) is 13.8 Å². The van der Waals surface area contributed by atoms with Gasteiger partial charge in [0.2, 0.25) is 0 Å². The van der Waals surface area contributed by atoms with Crippen molar-refractivity contribution in [2.24, 2.45) is 11.8 Å². The third-order valence-electron chi connectivity index (χ3n) is 3.30. The summed E-state index contributed by atoms with van der Waals surface area (Å²) < 4.78 is 5.02. The first kappa shape index (κ1) is 14.5. The molecule has 1 aliphatic heterocycles. The summed E-state index contributed by atoms with van der Waals surface area (Å²) in [4.78, 5) is 13.8. The van der Waals surface area contributed by atoms with E-state index in [1.54, 1.807) is 0 Å². The number of hydrogen-bond donors (Lipinski definition) is 1. The molecule has 1 unspecified atom stereocenters. The van der Waals surface area contributed by atoms with E-state index >= 15 is 0 Å². The van der Waals surface area contributed by atoms with Crippen molar-refractivity contribution in [2.75, 3.05) is 39.8 Å². The van der Waals surface area contributed by atoms with Crippen molar-refractivity contribution in [1.82, 2.24) is 10.2 Å². The van der Waals surface area contributed by atoms with Gasteiger partial charge in [0.15, 0.2) is 0 Å². The molecule has 0 aliphatic carbocycles. The lowest BCUT2D eigenvalue weighted by Gasteiger charge is -2.28. The van der Waals surface area contributed by atoms with Gasteiger partial charge in [-0.25, -0.2) is 0 Å². The zero-order valence-corrected chi connectivity index (χ0v) is 11.4. The van der Waals surface area contributed by atoms with Crippen molar-refractivity contribution in [3.8, 4) is 0 Å². The van der Waals surface area contributed by atoms with Crippen LogP contribution in [0.4, 0.5) is 0 Å². The minimum atomic E-state index is -0.0790. The molecule has 0 radical (unpaired) electrons. The third-order valence-corrected chi connectivity index (χ3v) is 3.30. The minimum Gasteiger partial charge on any atom is -0.466 e. The Bertz CT molecular complexity index is 227. The number of hydrogen-bond acceptors (Lipinski definition) is 4. The number of nitrogens with one attached hydrogen (secondary N) is 1. The molecule has 4 nitrogen and oxygen atoms in total. The van der Waals surface area contributed by atoms with Crippen molar-refractivity contribution in [3.05, 3.63) is 0 Å². The molecule has 1 aliphatic rings. The molecule has 1 saturated heterocycles. The van der Waals surface area contributed by atoms with E-state index in [1.165, 1.54) is 12.8 Å². The standard InChI is InChI=1S/C13H26N2O2/c1-4-17-13(16)11(2)9-15(3)10-12-5-7-14-8-6-12/h11-12,14H,4-10H2,1-3H3. The second kappa shape index (κ2) is 7.67. The maximum Gasteiger partial charge on any atom is 0.309 e. The SMILES string of the molecule is CCOC(=O)C(C)CN(C)CC1CCNCC1. The van der Waals surface area contributed by atoms with Crippen LogP contribution in [0.25, 0.3) is 0 Å². The second-order valence-electron chi connectivity index (χ2n) is 5.07. The Morgan fingerprint density at radius 3 is 2.71 bits per heavy atom. The quantitative estimate of drug-likeness (QED) is 0.709. The Balaban J connectivity index is 2.22. The molecule has 1 atom stereocenters. The molecule has 1 fully saturated rings. The summed E-state index contributed by atoms with van der Waals surface area (Å²) in [6.45, 7) is 8.41. The van der Waals surface area contributed by atoms with E-state index in [-0.39, 0.29) is 11.9 Å². The zero-order chi connectivity index (χ0) is 12.7. The molecule has 0 bridgehead atoms. The van der Waals surface area contributed by atoms with Crippen LogP contribution in [-0.2, 0) is 9.53 Å². The lowest BCUT2D eigenvalue weighted by molar-refractivity contribution is -0.148. The van der Waals surface area contributed by atoms with Crippen LogP contribution in [0.2, 0.25) is 0 Å². The minimum absolute atomic E-state index is 0.0262. The van der Waals surface area contributed by atoms with Gasteiger partial charge in [-0.2, -0.15) is 0 Å². The topological polar surface area (TPSA) is 41.6 Å². The third kappa shape index (κ3) is 5.50. The average molecular weight is 242 g/mol. The summed E-state index contributed by atoms with van der Waals surface area (Å²) in [6.07, 6.45) is 2.50. The first-order valence-corrected chi connectivity index (χ1v) is 6.69. The number of rotatable bonds is 6. The van der Waals surface area contributed by atoms with Crippen molar-refractivity contribution in [3.63, 3.8) is 0 Å². The maximum atomic E-state index is 11.5. The van der Waals surface area contributed by atoms with Gasteiger partial charge < -0.3 is 15.0 Å². The lowest BCUT2D eigenvalue weighted by Crippen LogP contribution is -2.37. The van der Waals surface area contributed by atoms with Crippen molar-refractivity contribution in [2.45, 2.75) is 26.7 Å². The largest absolute Gasteiger partial charge is 0.466 e. The summed E-state index contributed by atoms with van der Waals surface area (Å²) in [5, 5.41) is 3.37. The fraction of sp³-hybridized carbons (Fsp3) is 0.923. The molecule has 0 spiro atoms. The van der Waals surface area contributed by atoms with Gasteiger partial charge in [-0.15, -0.1) is 0 Å². The van der Waals surface area contributed by atoms with Crippen LogP contribution >= 0.6 is 0 Å². The highest BCUT2D eigenvalue weighted by molar-refractivity contribution is 5.72. The number of ether oxygens (including phenoxy) is 1. The van der Waals surface area contributed by atoms with Gasteiger partial charge >= 0.3 is 5.97 Å². The van der Waals surface area contributed by atoms with E-state index in [0.717, 1.165) is 32.1 Å². The molecule has 4 heteroatoms. The summed E-state index contributed by atoms with van der Waals surface area (Å²) in [6, 6.07) is 0. The van der Waals surface area contributed by atoms with Gasteiger partial charge in [0.25, 0.3) is 0 Å². The summed E-state index contributed by atoms with van der Waals surface area (Å²) >= 11 is 0. The Kier molecular flexibility index (Phi) is 6.52. The molecule has 1 heterocycles. The highest BCUT2D eigenvalue weighted by Crippen LogP contribution is 2.13. The number of piperidine rings is 1. The number of carbonyl (C=O) groups excluding carboxylic acids is 1. The van der Waals surface area contributed by atoms with Crippen LogP contribution in [0, 0.1) is 11.8 Å². The fourth-order valence-electron chi connectivity index (χ4n) is 2.41. The van der Waals surface area contributed by atoms with Crippen LogP contribution in [0.5, 0.6) is 0 Å². The van der Waals surface area contributed by atoms with Gasteiger partial charge in [-0.05, 0) is 45.8 Å². The molecule has 0 aromatic rings. The number of carbonyl (C=O) groups is 1. The molecule has 17 heavy (non-hydrogen) atoms. The lowest BCUT2D eigenvalue weighted by atomic mass is 9.97. The molecular formula is C13H26N2O2. The summed E-state index contributed by atoms with van der Waals surface area (Å²) in [5.74, 6) is 0.668. The van der Waals surface area contributed by atoms with Crippen LogP contribution in [0.1, 0.15) is 26.7 Å². The monoisotopic (exact) mass is 242 g/mol. The van der Waals surface area contributed by atoms with Crippen LogP contribution < -0.4 is 5.32 Å². The Morgan fingerprint density at radius 2 is 2.12 bits per heavy atom. The normalized spacial score (nSPS) is 19.3. The second-order valence-corrected chi connectivity index (χ2v) is 5.07. The Morgan fingerprint density at radius 1 is 1.47 bits per heavy atom. The molecule has 100 valence electrons. The van der Waals surface area contributed by atoms with Crippen LogP contribution in [-0.4, -0.2) is 50.7 Å². The molecule has 1 rings (SSSR count). The first-order chi connectivity index (χ1) is 8.13. The van der Waals surface area contributed by atoms with Gasteiger partial charge in [0.1, 0.15) is 0 Å².